The van der Waals surface area contributed by atoms with Crippen LogP contribution in [0, 0.1) is 0 Å². The van der Waals surface area contributed by atoms with Gasteiger partial charge in [-0.3, -0.25) is 14.7 Å². The zero-order chi connectivity index (χ0) is 17.6. The lowest BCUT2D eigenvalue weighted by molar-refractivity contribution is -0.119. The maximum atomic E-state index is 11.1. The molecule has 5 nitrogen and oxygen atoms in total. The number of pyridine rings is 1. The molecule has 0 radical (unpaired) electrons. The highest BCUT2D eigenvalue weighted by Gasteiger charge is 2.27. The van der Waals surface area contributed by atoms with Crippen molar-refractivity contribution in [3.63, 3.8) is 0 Å². The molecule has 1 aliphatic heterocycles. The van der Waals surface area contributed by atoms with E-state index in [-0.39, 0.29) is 5.91 Å². The zero-order valence-electron chi connectivity index (χ0n) is 14.9. The second-order valence-electron chi connectivity index (χ2n) is 6.44. The second kappa shape index (κ2) is 8.12. The Balaban J connectivity index is 1.72. The summed E-state index contributed by atoms with van der Waals surface area (Å²) in [6, 6.07) is 14.6. The first-order chi connectivity index (χ1) is 12.2. The van der Waals surface area contributed by atoms with Gasteiger partial charge in [0.25, 0.3) is 0 Å². The van der Waals surface area contributed by atoms with Gasteiger partial charge in [0.2, 0.25) is 5.91 Å². The molecule has 1 aromatic heterocycles. The Morgan fingerprint density at radius 1 is 1.32 bits per heavy atom. The van der Waals surface area contributed by atoms with Crippen molar-refractivity contribution < 1.29 is 9.53 Å². The maximum absolute atomic E-state index is 11.1. The van der Waals surface area contributed by atoms with Crippen LogP contribution in [0.3, 0.4) is 0 Å². The highest BCUT2D eigenvalue weighted by atomic mass is 16.5. The molecule has 25 heavy (non-hydrogen) atoms. The normalized spacial score (nSPS) is 17.4. The Hall–Kier alpha value is -2.40. The Morgan fingerprint density at radius 3 is 2.96 bits per heavy atom. The van der Waals surface area contributed by atoms with Gasteiger partial charge in [-0.1, -0.05) is 18.2 Å². The number of ether oxygens (including phenoxy) is 1. The summed E-state index contributed by atoms with van der Waals surface area (Å²) in [6.45, 7) is 3.96. The van der Waals surface area contributed by atoms with Gasteiger partial charge in [-0.2, -0.15) is 0 Å². The fourth-order valence-electron chi connectivity index (χ4n) is 3.35. The first-order valence-electron chi connectivity index (χ1n) is 8.73. The SMILES string of the molecule is COc1cccc(CN2CCC[C@@H]2c2cccc(CNC(C)=O)n2)c1. The van der Waals surface area contributed by atoms with Crippen LogP contribution in [-0.2, 0) is 17.9 Å². The van der Waals surface area contributed by atoms with E-state index in [9.17, 15) is 4.79 Å². The summed E-state index contributed by atoms with van der Waals surface area (Å²) in [5.41, 5.74) is 3.24. The van der Waals surface area contributed by atoms with Gasteiger partial charge >= 0.3 is 0 Å². The van der Waals surface area contributed by atoms with Crippen LogP contribution in [0.15, 0.2) is 42.5 Å². The molecule has 2 aromatic rings. The summed E-state index contributed by atoms with van der Waals surface area (Å²) in [6.07, 6.45) is 2.28. The van der Waals surface area contributed by atoms with E-state index in [1.807, 2.05) is 24.3 Å². The van der Waals surface area contributed by atoms with Gasteiger partial charge in [-0.15, -0.1) is 0 Å². The van der Waals surface area contributed by atoms with Gasteiger partial charge in [0.15, 0.2) is 0 Å². The number of carbonyl (C=O) groups is 1. The van der Waals surface area contributed by atoms with E-state index in [2.05, 4.69) is 28.4 Å². The minimum atomic E-state index is -0.0345. The van der Waals surface area contributed by atoms with Crippen LogP contribution in [-0.4, -0.2) is 29.4 Å². The average Bonchev–Trinajstić information content (AvgIpc) is 3.08. The molecule has 132 valence electrons. The Labute approximate surface area is 149 Å². The fourth-order valence-corrected chi connectivity index (χ4v) is 3.35. The van der Waals surface area contributed by atoms with Gasteiger partial charge in [-0.05, 0) is 49.2 Å². The van der Waals surface area contributed by atoms with Gasteiger partial charge in [-0.25, -0.2) is 0 Å². The number of rotatable bonds is 6. The smallest absolute Gasteiger partial charge is 0.217 e. The van der Waals surface area contributed by atoms with Crippen molar-refractivity contribution >= 4 is 5.91 Å². The fraction of sp³-hybridized carbons (Fsp3) is 0.400. The van der Waals surface area contributed by atoms with Crippen molar-refractivity contribution in [1.82, 2.24) is 15.2 Å². The second-order valence-corrected chi connectivity index (χ2v) is 6.44. The number of methoxy groups -OCH3 is 1. The molecule has 5 heteroatoms. The molecule has 0 bridgehead atoms. The van der Waals surface area contributed by atoms with Crippen LogP contribution in [0.1, 0.15) is 42.8 Å². The molecule has 1 N–H and O–H groups in total. The van der Waals surface area contributed by atoms with Crippen molar-refractivity contribution in [2.75, 3.05) is 13.7 Å². The molecule has 1 atom stereocenters. The van der Waals surface area contributed by atoms with E-state index in [0.717, 1.165) is 36.6 Å². The van der Waals surface area contributed by atoms with Gasteiger partial charge in [0.05, 0.1) is 31.1 Å². The lowest BCUT2D eigenvalue weighted by Crippen LogP contribution is -2.24. The van der Waals surface area contributed by atoms with E-state index in [1.54, 1.807) is 7.11 Å². The lowest BCUT2D eigenvalue weighted by Gasteiger charge is -2.24. The molecule has 1 saturated heterocycles. The number of aromatic nitrogens is 1. The van der Waals surface area contributed by atoms with Crippen molar-refractivity contribution in [1.29, 1.82) is 0 Å². The third-order valence-electron chi connectivity index (χ3n) is 4.57. The summed E-state index contributed by atoms with van der Waals surface area (Å²) < 4.78 is 5.33. The van der Waals surface area contributed by atoms with Crippen molar-refractivity contribution in [2.45, 2.75) is 38.9 Å². The van der Waals surface area contributed by atoms with Crippen LogP contribution in [0.5, 0.6) is 5.75 Å². The third kappa shape index (κ3) is 4.57. The van der Waals surface area contributed by atoms with Gasteiger partial charge in [0.1, 0.15) is 5.75 Å². The Morgan fingerprint density at radius 2 is 2.16 bits per heavy atom. The van der Waals surface area contributed by atoms with Crippen LogP contribution in [0.4, 0.5) is 0 Å². The van der Waals surface area contributed by atoms with Crippen molar-refractivity contribution in [2.24, 2.45) is 0 Å². The first kappa shape index (κ1) is 17.4. The largest absolute Gasteiger partial charge is 0.497 e. The number of amides is 1. The highest BCUT2D eigenvalue weighted by Crippen LogP contribution is 2.32. The third-order valence-corrected chi connectivity index (χ3v) is 4.57. The highest BCUT2D eigenvalue weighted by molar-refractivity contribution is 5.72. The van der Waals surface area contributed by atoms with E-state index in [4.69, 9.17) is 9.72 Å². The van der Waals surface area contributed by atoms with Gasteiger partial charge in [0, 0.05) is 13.5 Å². The van der Waals surface area contributed by atoms with Crippen molar-refractivity contribution in [3.05, 3.63) is 59.4 Å². The quantitative estimate of drug-likeness (QED) is 0.879. The number of nitrogens with zero attached hydrogens (tertiary/aromatic N) is 2. The average molecular weight is 339 g/mol. The Kier molecular flexibility index (Phi) is 5.66. The molecular formula is C20H25N3O2. The Bertz CT molecular complexity index is 732. The minimum absolute atomic E-state index is 0.0345. The molecule has 0 aliphatic carbocycles. The monoisotopic (exact) mass is 339 g/mol. The van der Waals surface area contributed by atoms with E-state index >= 15 is 0 Å². The molecule has 0 unspecified atom stereocenters. The predicted molar refractivity (Wildman–Crippen MR) is 97.1 cm³/mol. The molecule has 1 aliphatic rings. The number of likely N-dealkylation sites (tertiary alicyclic amines) is 1. The predicted octanol–water partition coefficient (Wildman–Crippen LogP) is 3.06. The molecular weight excluding hydrogens is 314 g/mol. The molecule has 2 heterocycles. The molecule has 0 spiro atoms. The molecule has 3 rings (SSSR count). The topological polar surface area (TPSA) is 54.5 Å². The standard InChI is InChI=1S/C20H25N3O2/c1-15(24)21-13-17-7-4-9-19(22-17)20-10-5-11-23(20)14-16-6-3-8-18(12-16)25-2/h3-4,6-9,12,20H,5,10-11,13-14H2,1-2H3,(H,21,24)/t20-/m1/s1. The van der Waals surface area contributed by atoms with Crippen LogP contribution >= 0.6 is 0 Å². The summed E-state index contributed by atoms with van der Waals surface area (Å²) in [5, 5.41) is 2.81. The molecule has 0 saturated carbocycles. The summed E-state index contributed by atoms with van der Waals surface area (Å²) in [4.78, 5) is 18.4. The summed E-state index contributed by atoms with van der Waals surface area (Å²) in [5.74, 6) is 0.858. The van der Waals surface area contributed by atoms with E-state index in [0.29, 0.717) is 12.6 Å². The maximum Gasteiger partial charge on any atom is 0.217 e. The molecule has 1 amide bonds. The summed E-state index contributed by atoms with van der Waals surface area (Å²) >= 11 is 0. The number of hydrogen-bond acceptors (Lipinski definition) is 4. The summed E-state index contributed by atoms with van der Waals surface area (Å²) in [7, 11) is 1.70. The van der Waals surface area contributed by atoms with E-state index in [1.165, 1.54) is 18.9 Å². The molecule has 1 fully saturated rings. The number of hydrogen-bond donors (Lipinski definition) is 1. The number of carbonyl (C=O) groups excluding carboxylic acids is 1. The number of nitrogens with one attached hydrogen (secondary N) is 1. The van der Waals surface area contributed by atoms with Crippen LogP contribution < -0.4 is 10.1 Å². The first-order valence-corrected chi connectivity index (χ1v) is 8.73. The zero-order valence-corrected chi connectivity index (χ0v) is 14.9. The van der Waals surface area contributed by atoms with Crippen LogP contribution in [0.2, 0.25) is 0 Å². The van der Waals surface area contributed by atoms with E-state index < -0.39 is 0 Å². The number of benzene rings is 1. The molecule has 1 aromatic carbocycles. The minimum Gasteiger partial charge on any atom is -0.497 e. The lowest BCUT2D eigenvalue weighted by atomic mass is 10.1. The van der Waals surface area contributed by atoms with Gasteiger partial charge < -0.3 is 10.1 Å². The van der Waals surface area contributed by atoms with Crippen molar-refractivity contribution in [3.8, 4) is 5.75 Å². The van der Waals surface area contributed by atoms with Crippen LogP contribution in [0.25, 0.3) is 0 Å².